The van der Waals surface area contributed by atoms with Crippen molar-refractivity contribution in [1.82, 2.24) is 14.8 Å². The highest BCUT2D eigenvalue weighted by atomic mass is 79.9. The predicted octanol–water partition coefficient (Wildman–Crippen LogP) is 2.32. The van der Waals surface area contributed by atoms with Gasteiger partial charge in [-0.25, -0.2) is 4.98 Å². The highest BCUT2D eigenvalue weighted by Gasteiger charge is 1.98. The van der Waals surface area contributed by atoms with Crippen LogP contribution in [-0.2, 0) is 7.05 Å². The molecule has 0 bridgehead atoms. The number of nitrogens with zero attached hydrogens (tertiary/aromatic N) is 3. The Balaban J connectivity index is 2.18. The number of halogens is 1. The summed E-state index contributed by atoms with van der Waals surface area (Å²) in [5, 5.41) is 7.28. The highest BCUT2D eigenvalue weighted by molar-refractivity contribution is 9.10. The van der Waals surface area contributed by atoms with Crippen LogP contribution in [0.1, 0.15) is 0 Å². The maximum atomic E-state index is 4.19. The second kappa shape index (κ2) is 3.79. The molecular weight excluding hydrogens is 244 g/mol. The molecule has 1 N–H and O–H groups in total. The van der Waals surface area contributed by atoms with E-state index in [-0.39, 0.29) is 0 Å². The quantitative estimate of drug-likeness (QED) is 0.893. The fraction of sp³-hybridized carbons (Fsp3) is 0.111. The third-order valence-electron chi connectivity index (χ3n) is 1.69. The Morgan fingerprint density at radius 3 is 2.86 bits per heavy atom. The number of hydrogen-bond acceptors (Lipinski definition) is 3. The van der Waals surface area contributed by atoms with Crippen molar-refractivity contribution in [2.45, 2.75) is 0 Å². The molecule has 0 atom stereocenters. The molecule has 14 heavy (non-hydrogen) atoms. The molecule has 0 saturated carbocycles. The minimum absolute atomic E-state index is 0.776. The lowest BCUT2D eigenvalue weighted by molar-refractivity contribution is 0.771. The third-order valence-corrected chi connectivity index (χ3v) is 2.18. The van der Waals surface area contributed by atoms with Crippen molar-refractivity contribution in [3.8, 4) is 0 Å². The smallest absolute Gasteiger partial charge is 0.153 e. The average Bonchev–Trinajstić information content (AvgIpc) is 2.51. The Kier molecular flexibility index (Phi) is 2.49. The molecule has 0 fully saturated rings. The summed E-state index contributed by atoms with van der Waals surface area (Å²) in [4.78, 5) is 4.15. The SMILES string of the molecule is Cn1ccc(Nc2cc(Br)ccn2)n1. The van der Waals surface area contributed by atoms with Gasteiger partial charge in [0, 0.05) is 30.0 Å². The van der Waals surface area contributed by atoms with Crippen molar-refractivity contribution < 1.29 is 0 Å². The van der Waals surface area contributed by atoms with Crippen LogP contribution in [-0.4, -0.2) is 14.8 Å². The molecule has 4 nitrogen and oxygen atoms in total. The maximum Gasteiger partial charge on any atom is 0.153 e. The van der Waals surface area contributed by atoms with Crippen LogP contribution < -0.4 is 5.32 Å². The summed E-state index contributed by atoms with van der Waals surface area (Å²) in [6, 6.07) is 5.67. The molecule has 0 unspecified atom stereocenters. The van der Waals surface area contributed by atoms with Crippen LogP contribution >= 0.6 is 15.9 Å². The van der Waals surface area contributed by atoms with Gasteiger partial charge < -0.3 is 5.32 Å². The van der Waals surface area contributed by atoms with Crippen LogP contribution in [0.2, 0.25) is 0 Å². The second-order valence-corrected chi connectivity index (χ2v) is 3.77. The summed E-state index contributed by atoms with van der Waals surface area (Å²) in [6.45, 7) is 0. The maximum absolute atomic E-state index is 4.19. The largest absolute Gasteiger partial charge is 0.323 e. The van der Waals surface area contributed by atoms with Crippen molar-refractivity contribution in [1.29, 1.82) is 0 Å². The van der Waals surface area contributed by atoms with Gasteiger partial charge in [0.1, 0.15) is 5.82 Å². The fourth-order valence-corrected chi connectivity index (χ4v) is 1.42. The molecule has 0 aliphatic carbocycles. The van der Waals surface area contributed by atoms with E-state index in [9.17, 15) is 0 Å². The normalized spacial score (nSPS) is 10.1. The van der Waals surface area contributed by atoms with Gasteiger partial charge in [-0.3, -0.25) is 4.68 Å². The van der Waals surface area contributed by atoms with Crippen molar-refractivity contribution in [2.75, 3.05) is 5.32 Å². The Bertz CT molecular complexity index is 438. The van der Waals surface area contributed by atoms with Crippen LogP contribution in [0.15, 0.2) is 35.1 Å². The third kappa shape index (κ3) is 2.11. The molecule has 2 heterocycles. The van der Waals surface area contributed by atoms with Crippen molar-refractivity contribution >= 4 is 27.6 Å². The number of pyridine rings is 1. The van der Waals surface area contributed by atoms with E-state index in [0.29, 0.717) is 0 Å². The van der Waals surface area contributed by atoms with E-state index in [4.69, 9.17) is 0 Å². The number of aryl methyl sites for hydroxylation is 1. The van der Waals surface area contributed by atoms with E-state index >= 15 is 0 Å². The van der Waals surface area contributed by atoms with E-state index in [2.05, 4.69) is 31.3 Å². The molecule has 0 aliphatic rings. The zero-order valence-corrected chi connectivity index (χ0v) is 9.19. The van der Waals surface area contributed by atoms with Crippen LogP contribution in [0.4, 0.5) is 11.6 Å². The van der Waals surface area contributed by atoms with E-state index in [0.717, 1.165) is 16.1 Å². The van der Waals surface area contributed by atoms with Gasteiger partial charge in [-0.05, 0) is 12.1 Å². The molecule has 0 aromatic carbocycles. The minimum Gasteiger partial charge on any atom is -0.323 e. The fourth-order valence-electron chi connectivity index (χ4n) is 1.09. The number of aromatic nitrogens is 3. The van der Waals surface area contributed by atoms with Gasteiger partial charge in [0.15, 0.2) is 5.82 Å². The molecule has 0 saturated heterocycles. The van der Waals surface area contributed by atoms with Crippen LogP contribution in [0.3, 0.4) is 0 Å². The van der Waals surface area contributed by atoms with E-state index in [1.807, 2.05) is 31.4 Å². The lowest BCUT2D eigenvalue weighted by Gasteiger charge is -2.01. The summed E-state index contributed by atoms with van der Waals surface area (Å²) in [6.07, 6.45) is 3.61. The lowest BCUT2D eigenvalue weighted by atomic mass is 10.4. The monoisotopic (exact) mass is 252 g/mol. The molecule has 5 heteroatoms. The lowest BCUT2D eigenvalue weighted by Crippen LogP contribution is -1.95. The molecule has 2 aromatic heterocycles. The van der Waals surface area contributed by atoms with E-state index < -0.39 is 0 Å². The first kappa shape index (κ1) is 9.21. The van der Waals surface area contributed by atoms with Gasteiger partial charge in [-0.15, -0.1) is 0 Å². The molecule has 0 amide bonds. The van der Waals surface area contributed by atoms with Gasteiger partial charge >= 0.3 is 0 Å². The predicted molar refractivity (Wildman–Crippen MR) is 58.4 cm³/mol. The first-order valence-corrected chi connectivity index (χ1v) is 4.91. The Morgan fingerprint density at radius 1 is 1.36 bits per heavy atom. The zero-order valence-electron chi connectivity index (χ0n) is 7.61. The number of hydrogen-bond donors (Lipinski definition) is 1. The Morgan fingerprint density at radius 2 is 2.21 bits per heavy atom. The average molecular weight is 253 g/mol. The van der Waals surface area contributed by atoms with Crippen LogP contribution in [0, 0.1) is 0 Å². The Hall–Kier alpha value is -1.36. The number of nitrogens with one attached hydrogen (secondary N) is 1. The molecule has 2 aromatic rings. The summed E-state index contributed by atoms with van der Waals surface area (Å²) in [5.74, 6) is 1.57. The summed E-state index contributed by atoms with van der Waals surface area (Å²) >= 11 is 3.38. The molecular formula is C9H9BrN4. The molecule has 2 rings (SSSR count). The molecule has 72 valence electrons. The summed E-state index contributed by atoms with van der Waals surface area (Å²) < 4.78 is 2.73. The van der Waals surface area contributed by atoms with E-state index in [1.54, 1.807) is 10.9 Å². The number of anilines is 2. The zero-order chi connectivity index (χ0) is 9.97. The molecule has 0 spiro atoms. The highest BCUT2D eigenvalue weighted by Crippen LogP contribution is 2.16. The first-order valence-electron chi connectivity index (χ1n) is 4.12. The van der Waals surface area contributed by atoms with Crippen molar-refractivity contribution in [2.24, 2.45) is 7.05 Å². The second-order valence-electron chi connectivity index (χ2n) is 2.86. The van der Waals surface area contributed by atoms with Gasteiger partial charge in [0.2, 0.25) is 0 Å². The van der Waals surface area contributed by atoms with Crippen LogP contribution in [0.25, 0.3) is 0 Å². The van der Waals surface area contributed by atoms with Gasteiger partial charge in [0.05, 0.1) is 0 Å². The standard InChI is InChI=1S/C9H9BrN4/c1-14-5-3-8(13-14)12-9-6-7(10)2-4-11-9/h2-6H,1H3,(H,11,12,13). The summed E-state index contributed by atoms with van der Waals surface area (Å²) in [5.41, 5.74) is 0. The van der Waals surface area contributed by atoms with E-state index in [1.165, 1.54) is 0 Å². The van der Waals surface area contributed by atoms with Crippen molar-refractivity contribution in [3.63, 3.8) is 0 Å². The number of rotatable bonds is 2. The molecule has 0 radical (unpaired) electrons. The van der Waals surface area contributed by atoms with Crippen LogP contribution in [0.5, 0.6) is 0 Å². The topological polar surface area (TPSA) is 42.7 Å². The van der Waals surface area contributed by atoms with Gasteiger partial charge in [0.25, 0.3) is 0 Å². The Labute approximate surface area is 90.1 Å². The molecule has 0 aliphatic heterocycles. The van der Waals surface area contributed by atoms with Gasteiger partial charge in [-0.2, -0.15) is 5.10 Å². The van der Waals surface area contributed by atoms with Crippen molar-refractivity contribution in [3.05, 3.63) is 35.1 Å². The minimum atomic E-state index is 0.776. The first-order chi connectivity index (χ1) is 6.74. The van der Waals surface area contributed by atoms with Gasteiger partial charge in [-0.1, -0.05) is 15.9 Å². The summed E-state index contributed by atoms with van der Waals surface area (Å²) in [7, 11) is 1.87.